The van der Waals surface area contributed by atoms with Gasteiger partial charge in [-0.25, -0.2) is 4.98 Å². The van der Waals surface area contributed by atoms with Crippen LogP contribution >= 0.6 is 11.3 Å². The van der Waals surface area contributed by atoms with E-state index in [4.69, 9.17) is 4.74 Å². The normalized spacial score (nSPS) is 18.3. The smallest absolute Gasteiger partial charge is 0.273 e. The molecule has 0 aliphatic carbocycles. The van der Waals surface area contributed by atoms with Gasteiger partial charge in [0.25, 0.3) is 5.91 Å². The number of thiazole rings is 1. The minimum absolute atomic E-state index is 0.0169. The lowest BCUT2D eigenvalue weighted by atomic mass is 10.2. The molecular weight excluding hydrogens is 288 g/mol. The average molecular weight is 306 g/mol. The van der Waals surface area contributed by atoms with Crippen molar-refractivity contribution in [2.24, 2.45) is 0 Å². The van der Waals surface area contributed by atoms with Gasteiger partial charge in [-0.1, -0.05) is 0 Å². The largest absolute Gasteiger partial charge is 0.378 e. The number of methoxy groups -OCH3 is 1. The maximum Gasteiger partial charge on any atom is 0.273 e. The van der Waals surface area contributed by atoms with E-state index in [-0.39, 0.29) is 11.9 Å². The first-order chi connectivity index (χ1) is 10.3. The van der Waals surface area contributed by atoms with Crippen molar-refractivity contribution in [3.63, 3.8) is 0 Å². The maximum absolute atomic E-state index is 12.6. The van der Waals surface area contributed by atoms with Gasteiger partial charge in [-0.05, 0) is 18.9 Å². The van der Waals surface area contributed by atoms with Crippen molar-refractivity contribution in [2.75, 3.05) is 13.7 Å². The van der Waals surface area contributed by atoms with Crippen LogP contribution in [0.4, 0.5) is 0 Å². The highest BCUT2D eigenvalue weighted by atomic mass is 32.1. The van der Waals surface area contributed by atoms with Crippen LogP contribution in [0.25, 0.3) is 0 Å². The number of rotatable bonds is 5. The van der Waals surface area contributed by atoms with Gasteiger partial charge in [0.15, 0.2) is 0 Å². The minimum atomic E-state index is 0.0169. The first-order valence-electron chi connectivity index (χ1n) is 6.99. The molecule has 1 aliphatic heterocycles. The molecule has 7 heteroatoms. The quantitative estimate of drug-likeness (QED) is 0.845. The molecule has 1 aliphatic rings. The van der Waals surface area contributed by atoms with Gasteiger partial charge in [0.05, 0.1) is 19.2 Å². The third kappa shape index (κ3) is 3.14. The van der Waals surface area contributed by atoms with Gasteiger partial charge in [0.2, 0.25) is 0 Å². The van der Waals surface area contributed by atoms with Crippen LogP contribution in [-0.2, 0) is 17.9 Å². The lowest BCUT2D eigenvalue weighted by Crippen LogP contribution is -2.38. The Kier molecular flexibility index (Phi) is 4.31. The molecule has 0 N–H and O–H groups in total. The molecular formula is C14H18N4O2S. The van der Waals surface area contributed by atoms with Gasteiger partial charge in [0.1, 0.15) is 10.7 Å². The van der Waals surface area contributed by atoms with E-state index in [0.29, 0.717) is 12.3 Å². The van der Waals surface area contributed by atoms with Gasteiger partial charge in [-0.2, -0.15) is 5.10 Å². The summed E-state index contributed by atoms with van der Waals surface area (Å²) in [6.45, 7) is 1.99. The van der Waals surface area contributed by atoms with E-state index >= 15 is 0 Å². The summed E-state index contributed by atoms with van der Waals surface area (Å²) in [6.07, 6.45) is 5.74. The van der Waals surface area contributed by atoms with Crippen LogP contribution in [-0.4, -0.2) is 45.3 Å². The Hall–Kier alpha value is -1.73. The lowest BCUT2D eigenvalue weighted by molar-refractivity contribution is 0.0716. The molecule has 2 aromatic heterocycles. The van der Waals surface area contributed by atoms with Gasteiger partial charge >= 0.3 is 0 Å². The zero-order valence-corrected chi connectivity index (χ0v) is 12.8. The zero-order valence-electron chi connectivity index (χ0n) is 11.9. The van der Waals surface area contributed by atoms with Crippen LogP contribution < -0.4 is 0 Å². The third-order valence-corrected chi connectivity index (χ3v) is 4.46. The van der Waals surface area contributed by atoms with E-state index in [1.165, 1.54) is 11.3 Å². The van der Waals surface area contributed by atoms with Crippen molar-refractivity contribution in [3.8, 4) is 0 Å². The van der Waals surface area contributed by atoms with Crippen molar-refractivity contribution in [1.29, 1.82) is 0 Å². The minimum Gasteiger partial charge on any atom is -0.378 e. The fraction of sp³-hybridized carbons (Fsp3) is 0.500. The number of hydrogen-bond acceptors (Lipinski definition) is 5. The fourth-order valence-corrected chi connectivity index (χ4v) is 3.40. The highest BCUT2D eigenvalue weighted by molar-refractivity contribution is 7.09. The number of hydrogen-bond donors (Lipinski definition) is 0. The summed E-state index contributed by atoms with van der Waals surface area (Å²) in [5, 5.41) is 6.88. The number of carbonyl (C=O) groups excluding carboxylic acids is 1. The number of amides is 1. The molecule has 112 valence electrons. The van der Waals surface area contributed by atoms with Crippen LogP contribution in [0, 0.1) is 0 Å². The molecule has 1 amide bonds. The van der Waals surface area contributed by atoms with Crippen molar-refractivity contribution >= 4 is 17.2 Å². The summed E-state index contributed by atoms with van der Waals surface area (Å²) in [6, 6.07) is 2.10. The molecule has 3 heterocycles. The van der Waals surface area contributed by atoms with E-state index in [9.17, 15) is 4.79 Å². The molecule has 1 fully saturated rings. The van der Waals surface area contributed by atoms with E-state index in [1.54, 1.807) is 13.3 Å². The summed E-state index contributed by atoms with van der Waals surface area (Å²) >= 11 is 1.47. The van der Waals surface area contributed by atoms with Crippen LogP contribution in [0.15, 0.2) is 23.8 Å². The Balaban J connectivity index is 1.70. The number of carbonyl (C=O) groups is 1. The molecule has 2 aromatic rings. The van der Waals surface area contributed by atoms with E-state index < -0.39 is 0 Å². The molecule has 0 unspecified atom stereocenters. The monoisotopic (exact) mass is 306 g/mol. The van der Waals surface area contributed by atoms with Gasteiger partial charge in [0, 0.05) is 31.4 Å². The fourth-order valence-electron chi connectivity index (χ4n) is 2.66. The first-order valence-corrected chi connectivity index (χ1v) is 7.87. The zero-order chi connectivity index (χ0) is 14.7. The number of likely N-dealkylation sites (tertiary alicyclic amines) is 1. The Morgan fingerprint density at radius 1 is 1.57 bits per heavy atom. The standard InChI is InChI=1S/C14H18N4O2S/c1-20-9-13-16-12(10-21-13)14(19)18-7-2-4-11(18)8-17-6-3-5-15-17/h3,5-6,10-11H,2,4,7-9H2,1H3/t11-/m1/s1. The van der Waals surface area contributed by atoms with Crippen molar-refractivity contribution < 1.29 is 9.53 Å². The van der Waals surface area contributed by atoms with Gasteiger partial charge in [-0.15, -0.1) is 11.3 Å². The molecule has 0 bridgehead atoms. The summed E-state index contributed by atoms with van der Waals surface area (Å²) in [5.74, 6) is 0.0169. The van der Waals surface area contributed by atoms with E-state index in [1.807, 2.05) is 27.2 Å². The Bertz CT molecular complexity index is 596. The topological polar surface area (TPSA) is 60.2 Å². The van der Waals surface area contributed by atoms with Crippen molar-refractivity contribution in [1.82, 2.24) is 19.7 Å². The maximum atomic E-state index is 12.6. The lowest BCUT2D eigenvalue weighted by Gasteiger charge is -2.23. The summed E-state index contributed by atoms with van der Waals surface area (Å²) in [5.41, 5.74) is 0.527. The van der Waals surface area contributed by atoms with Crippen LogP contribution in [0.1, 0.15) is 28.3 Å². The Morgan fingerprint density at radius 3 is 3.24 bits per heavy atom. The number of nitrogens with zero attached hydrogens (tertiary/aromatic N) is 4. The molecule has 0 saturated carbocycles. The summed E-state index contributed by atoms with van der Waals surface area (Å²) in [7, 11) is 1.63. The van der Waals surface area contributed by atoms with Gasteiger partial charge < -0.3 is 9.64 Å². The second kappa shape index (κ2) is 6.36. The number of ether oxygens (including phenoxy) is 1. The second-order valence-electron chi connectivity index (χ2n) is 5.08. The van der Waals surface area contributed by atoms with E-state index in [0.717, 1.165) is 30.9 Å². The molecule has 6 nitrogen and oxygen atoms in total. The molecule has 1 saturated heterocycles. The molecule has 0 radical (unpaired) electrons. The van der Waals surface area contributed by atoms with Crippen molar-refractivity contribution in [2.45, 2.75) is 32.0 Å². The molecule has 0 spiro atoms. The number of aromatic nitrogens is 3. The highest BCUT2D eigenvalue weighted by Gasteiger charge is 2.30. The van der Waals surface area contributed by atoms with Gasteiger partial charge in [-0.3, -0.25) is 9.48 Å². The van der Waals surface area contributed by atoms with Crippen molar-refractivity contribution in [3.05, 3.63) is 34.5 Å². The van der Waals surface area contributed by atoms with E-state index in [2.05, 4.69) is 10.1 Å². The molecule has 0 aromatic carbocycles. The predicted octanol–water partition coefficient (Wildman–Crippen LogP) is 1.79. The highest BCUT2D eigenvalue weighted by Crippen LogP contribution is 2.22. The Labute approximate surface area is 127 Å². The van der Waals surface area contributed by atoms with Crippen LogP contribution in [0.2, 0.25) is 0 Å². The third-order valence-electron chi connectivity index (χ3n) is 3.63. The molecule has 1 atom stereocenters. The SMILES string of the molecule is COCc1nc(C(=O)N2CCC[C@@H]2Cn2cccn2)cs1. The molecule has 3 rings (SSSR count). The second-order valence-corrected chi connectivity index (χ2v) is 6.02. The molecule has 21 heavy (non-hydrogen) atoms. The van der Waals surface area contributed by atoms with Crippen LogP contribution in [0.3, 0.4) is 0 Å². The summed E-state index contributed by atoms with van der Waals surface area (Å²) in [4.78, 5) is 18.9. The van der Waals surface area contributed by atoms with Crippen LogP contribution in [0.5, 0.6) is 0 Å². The first kappa shape index (κ1) is 14.2. The average Bonchev–Trinajstić information content (AvgIpc) is 3.20. The predicted molar refractivity (Wildman–Crippen MR) is 79.1 cm³/mol. The summed E-state index contributed by atoms with van der Waals surface area (Å²) < 4.78 is 6.93. The Morgan fingerprint density at radius 2 is 2.48 bits per heavy atom.